The number of carbonyl (C=O) groups is 1. The van der Waals surface area contributed by atoms with E-state index in [9.17, 15) is 4.79 Å². The van der Waals surface area contributed by atoms with E-state index in [1.807, 2.05) is 29.4 Å². The summed E-state index contributed by atoms with van der Waals surface area (Å²) >= 11 is 0. The van der Waals surface area contributed by atoms with Crippen LogP contribution in [0.5, 0.6) is 0 Å². The van der Waals surface area contributed by atoms with Gasteiger partial charge in [-0.2, -0.15) is 0 Å². The zero-order chi connectivity index (χ0) is 17.1. The molecule has 0 fully saturated rings. The molecular formula is C22H22N2O. The Labute approximate surface area is 148 Å². The molecule has 4 rings (SSSR count). The second-order valence-electron chi connectivity index (χ2n) is 6.58. The number of hydrogen-bond acceptors (Lipinski definition) is 1. The van der Waals surface area contributed by atoms with Crippen LogP contribution in [0.25, 0.3) is 5.69 Å². The number of fused-ring (bicyclic) bond motifs is 1. The zero-order valence-electron chi connectivity index (χ0n) is 14.3. The molecule has 1 amide bonds. The first kappa shape index (κ1) is 15.7. The topological polar surface area (TPSA) is 25.2 Å². The largest absolute Gasteiger partial charge is 0.342 e. The van der Waals surface area contributed by atoms with Crippen molar-refractivity contribution in [3.8, 4) is 5.69 Å². The van der Waals surface area contributed by atoms with E-state index in [4.69, 9.17) is 0 Å². The molecule has 126 valence electrons. The highest BCUT2D eigenvalue weighted by Crippen LogP contribution is 2.17. The number of hydrogen-bond donors (Lipinski definition) is 0. The fourth-order valence-electron chi connectivity index (χ4n) is 3.50. The van der Waals surface area contributed by atoms with Crippen LogP contribution in [-0.4, -0.2) is 28.5 Å². The van der Waals surface area contributed by atoms with Crippen LogP contribution in [0.3, 0.4) is 0 Å². The van der Waals surface area contributed by atoms with E-state index in [0.717, 1.165) is 37.2 Å². The Balaban J connectivity index is 1.40. The zero-order valence-corrected chi connectivity index (χ0v) is 14.3. The molecule has 3 heteroatoms. The quantitative estimate of drug-likeness (QED) is 0.720. The Morgan fingerprint density at radius 2 is 1.40 bits per heavy atom. The third kappa shape index (κ3) is 3.50. The van der Waals surface area contributed by atoms with Gasteiger partial charge in [0.1, 0.15) is 0 Å². The Hall–Kier alpha value is -2.81. The normalized spacial score (nSPS) is 14.0. The van der Waals surface area contributed by atoms with E-state index >= 15 is 0 Å². The monoisotopic (exact) mass is 330 g/mol. The molecule has 2 heterocycles. The summed E-state index contributed by atoms with van der Waals surface area (Å²) < 4.78 is 2.07. The molecule has 2 aromatic carbocycles. The number of carbonyl (C=O) groups excluding carboxylic acids is 1. The van der Waals surface area contributed by atoms with Crippen LogP contribution in [0, 0.1) is 0 Å². The minimum Gasteiger partial charge on any atom is -0.342 e. The Kier molecular flexibility index (Phi) is 4.38. The van der Waals surface area contributed by atoms with Gasteiger partial charge in [0.2, 0.25) is 5.91 Å². The summed E-state index contributed by atoms with van der Waals surface area (Å²) in [5, 5.41) is 0. The van der Waals surface area contributed by atoms with E-state index in [0.29, 0.717) is 6.42 Å². The minimum absolute atomic E-state index is 0.224. The summed E-state index contributed by atoms with van der Waals surface area (Å²) in [6, 6.07) is 20.8. The van der Waals surface area contributed by atoms with Crippen LogP contribution in [0.15, 0.2) is 73.1 Å². The van der Waals surface area contributed by atoms with Crippen molar-refractivity contribution in [3.63, 3.8) is 0 Å². The fourth-order valence-corrected chi connectivity index (χ4v) is 3.50. The van der Waals surface area contributed by atoms with Crippen molar-refractivity contribution in [2.45, 2.75) is 19.3 Å². The average Bonchev–Trinajstić information content (AvgIpc) is 3.09. The van der Waals surface area contributed by atoms with Gasteiger partial charge in [-0.25, -0.2) is 0 Å². The molecule has 25 heavy (non-hydrogen) atoms. The van der Waals surface area contributed by atoms with Crippen molar-refractivity contribution in [2.24, 2.45) is 0 Å². The second kappa shape index (κ2) is 6.98. The molecule has 0 radical (unpaired) electrons. The van der Waals surface area contributed by atoms with Gasteiger partial charge in [-0.3, -0.25) is 4.79 Å². The highest BCUT2D eigenvalue weighted by molar-refractivity contribution is 5.79. The predicted molar refractivity (Wildman–Crippen MR) is 99.9 cm³/mol. The minimum atomic E-state index is 0.224. The van der Waals surface area contributed by atoms with Crippen LogP contribution in [-0.2, 0) is 24.1 Å². The summed E-state index contributed by atoms with van der Waals surface area (Å²) in [7, 11) is 0. The lowest BCUT2D eigenvalue weighted by Crippen LogP contribution is -2.34. The number of rotatable bonds is 3. The predicted octanol–water partition coefficient (Wildman–Crippen LogP) is 3.65. The molecule has 0 spiro atoms. The lowest BCUT2D eigenvalue weighted by atomic mass is 10.0. The van der Waals surface area contributed by atoms with E-state index in [1.165, 1.54) is 11.1 Å². The summed E-state index contributed by atoms with van der Waals surface area (Å²) in [5.41, 5.74) is 4.96. The van der Waals surface area contributed by atoms with Gasteiger partial charge in [0.05, 0.1) is 6.42 Å². The van der Waals surface area contributed by atoms with Gasteiger partial charge in [-0.15, -0.1) is 0 Å². The molecule has 1 aliphatic heterocycles. The Bertz CT molecular complexity index is 823. The first-order valence-electron chi connectivity index (χ1n) is 8.86. The summed E-state index contributed by atoms with van der Waals surface area (Å²) in [6.07, 6.45) is 6.43. The van der Waals surface area contributed by atoms with Crippen LogP contribution < -0.4 is 0 Å². The van der Waals surface area contributed by atoms with E-state index in [-0.39, 0.29) is 5.91 Å². The van der Waals surface area contributed by atoms with Crippen LogP contribution in [0.4, 0.5) is 0 Å². The maximum atomic E-state index is 12.7. The lowest BCUT2D eigenvalue weighted by Gasteiger charge is -2.20. The molecule has 3 nitrogen and oxygen atoms in total. The number of amides is 1. The summed E-state index contributed by atoms with van der Waals surface area (Å²) in [6.45, 7) is 1.63. The van der Waals surface area contributed by atoms with Gasteiger partial charge in [-0.05, 0) is 53.8 Å². The lowest BCUT2D eigenvalue weighted by molar-refractivity contribution is -0.130. The molecular weight excluding hydrogens is 308 g/mol. The highest BCUT2D eigenvalue weighted by Gasteiger charge is 2.18. The second-order valence-corrected chi connectivity index (χ2v) is 6.58. The van der Waals surface area contributed by atoms with E-state index in [2.05, 4.69) is 53.1 Å². The van der Waals surface area contributed by atoms with Crippen molar-refractivity contribution in [3.05, 3.63) is 89.7 Å². The third-order valence-electron chi connectivity index (χ3n) is 4.97. The molecule has 0 bridgehead atoms. The summed E-state index contributed by atoms with van der Waals surface area (Å²) in [4.78, 5) is 14.7. The van der Waals surface area contributed by atoms with Gasteiger partial charge in [0.15, 0.2) is 0 Å². The number of nitrogens with zero attached hydrogens (tertiary/aromatic N) is 2. The van der Waals surface area contributed by atoms with Gasteiger partial charge < -0.3 is 9.47 Å². The van der Waals surface area contributed by atoms with Crippen molar-refractivity contribution < 1.29 is 4.79 Å². The maximum Gasteiger partial charge on any atom is 0.227 e. The van der Waals surface area contributed by atoms with Gasteiger partial charge in [-0.1, -0.05) is 36.4 Å². The smallest absolute Gasteiger partial charge is 0.227 e. The molecule has 0 saturated carbocycles. The molecule has 1 aliphatic rings. The van der Waals surface area contributed by atoms with Crippen LogP contribution >= 0.6 is 0 Å². The first-order chi connectivity index (χ1) is 12.3. The van der Waals surface area contributed by atoms with Crippen LogP contribution in [0.1, 0.15) is 16.7 Å². The van der Waals surface area contributed by atoms with Crippen LogP contribution in [0.2, 0.25) is 0 Å². The van der Waals surface area contributed by atoms with Gasteiger partial charge in [0, 0.05) is 31.2 Å². The fraction of sp³-hybridized carbons (Fsp3) is 0.227. The van der Waals surface area contributed by atoms with Gasteiger partial charge >= 0.3 is 0 Å². The van der Waals surface area contributed by atoms with Gasteiger partial charge in [0.25, 0.3) is 0 Å². The van der Waals surface area contributed by atoms with Crippen molar-refractivity contribution in [1.82, 2.24) is 9.47 Å². The maximum absolute atomic E-state index is 12.7. The summed E-state index contributed by atoms with van der Waals surface area (Å²) in [5.74, 6) is 0.224. The molecule has 0 aliphatic carbocycles. The van der Waals surface area contributed by atoms with Crippen molar-refractivity contribution in [1.29, 1.82) is 0 Å². The van der Waals surface area contributed by atoms with Crippen molar-refractivity contribution in [2.75, 3.05) is 13.1 Å². The molecule has 1 aromatic heterocycles. The van der Waals surface area contributed by atoms with Crippen molar-refractivity contribution >= 4 is 5.91 Å². The number of aromatic nitrogens is 1. The molecule has 0 atom stereocenters. The SMILES string of the molecule is O=C(Cc1ccc(-n2cccc2)cc1)N1CCc2ccccc2CC1. The van der Waals surface area contributed by atoms with E-state index < -0.39 is 0 Å². The van der Waals surface area contributed by atoms with E-state index in [1.54, 1.807) is 0 Å². The molecule has 0 unspecified atom stereocenters. The third-order valence-corrected chi connectivity index (χ3v) is 4.97. The first-order valence-corrected chi connectivity index (χ1v) is 8.86. The molecule has 0 saturated heterocycles. The molecule has 3 aromatic rings. The Morgan fingerprint density at radius 1 is 0.800 bits per heavy atom. The average molecular weight is 330 g/mol. The highest BCUT2D eigenvalue weighted by atomic mass is 16.2. The molecule has 0 N–H and O–H groups in total. The number of benzene rings is 2. The Morgan fingerprint density at radius 3 is 2.00 bits per heavy atom. The standard InChI is InChI=1S/C22H22N2O/c25-22(24-15-11-19-5-1-2-6-20(19)12-16-24)17-18-7-9-21(10-8-18)23-13-3-4-14-23/h1-10,13-14H,11-12,15-17H2.